The summed E-state index contributed by atoms with van der Waals surface area (Å²) in [5.41, 5.74) is 3.14. The lowest BCUT2D eigenvalue weighted by atomic mass is 10.1. The molecule has 0 bridgehead atoms. The normalized spacial score (nSPS) is 15.1. The van der Waals surface area contributed by atoms with E-state index in [1.165, 1.54) is 0 Å². The first-order valence-corrected chi connectivity index (χ1v) is 6.49. The molecule has 20 heavy (non-hydrogen) atoms. The van der Waals surface area contributed by atoms with Crippen LogP contribution < -0.4 is 15.9 Å². The van der Waals surface area contributed by atoms with E-state index in [1.54, 1.807) is 7.11 Å². The lowest BCUT2D eigenvalue weighted by Gasteiger charge is -2.05. The first-order chi connectivity index (χ1) is 9.81. The Kier molecular flexibility index (Phi) is 5.00. The molecule has 1 aliphatic heterocycles. The van der Waals surface area contributed by atoms with Crippen LogP contribution in [0, 0.1) is 0 Å². The van der Waals surface area contributed by atoms with Gasteiger partial charge in [0.1, 0.15) is 5.75 Å². The van der Waals surface area contributed by atoms with Gasteiger partial charge in [0.25, 0.3) is 0 Å². The summed E-state index contributed by atoms with van der Waals surface area (Å²) in [5, 5.41) is 6.95. The largest absolute Gasteiger partial charge is 0.497 e. The van der Waals surface area contributed by atoms with Crippen LogP contribution in [-0.2, 0) is 6.42 Å². The molecule has 0 saturated heterocycles. The quantitative estimate of drug-likeness (QED) is 0.489. The summed E-state index contributed by atoms with van der Waals surface area (Å²) < 4.78 is 5.14. The number of nitrogens with two attached hydrogens (primary N) is 1. The number of hydrogen-bond acceptors (Lipinski definition) is 4. The van der Waals surface area contributed by atoms with Gasteiger partial charge in [0.05, 0.1) is 12.8 Å². The summed E-state index contributed by atoms with van der Waals surface area (Å²) in [4.78, 5) is 0. The molecule has 0 aliphatic carbocycles. The first kappa shape index (κ1) is 13.9. The van der Waals surface area contributed by atoms with Crippen molar-refractivity contribution in [2.75, 3.05) is 13.7 Å². The maximum Gasteiger partial charge on any atom is 0.118 e. The molecule has 1 heterocycles. The Labute approximate surface area is 119 Å². The highest BCUT2D eigenvalue weighted by atomic mass is 16.5. The number of methoxy groups -OCH3 is 1. The van der Waals surface area contributed by atoms with Crippen molar-refractivity contribution >= 4 is 5.71 Å². The van der Waals surface area contributed by atoms with Crippen LogP contribution in [0.15, 0.2) is 65.4 Å². The van der Waals surface area contributed by atoms with Crippen LogP contribution in [0.3, 0.4) is 0 Å². The van der Waals surface area contributed by atoms with Gasteiger partial charge in [-0.05, 0) is 41.6 Å². The Morgan fingerprint density at radius 1 is 1.40 bits per heavy atom. The molecular formula is C16H19N3O. The third-order valence-electron chi connectivity index (χ3n) is 3.03. The van der Waals surface area contributed by atoms with Gasteiger partial charge in [0.2, 0.25) is 0 Å². The van der Waals surface area contributed by atoms with Gasteiger partial charge in [-0.1, -0.05) is 24.3 Å². The molecule has 1 aliphatic rings. The van der Waals surface area contributed by atoms with E-state index in [1.807, 2.05) is 48.7 Å². The molecule has 0 fully saturated rings. The molecule has 4 heteroatoms. The van der Waals surface area contributed by atoms with Crippen molar-refractivity contribution in [1.82, 2.24) is 5.32 Å². The number of benzene rings is 1. The van der Waals surface area contributed by atoms with Crippen molar-refractivity contribution in [1.29, 1.82) is 0 Å². The van der Waals surface area contributed by atoms with Crippen LogP contribution in [0.5, 0.6) is 5.75 Å². The number of hydrogen-bond donors (Lipinski definition) is 2. The number of nitrogens with zero attached hydrogens (tertiary/aromatic N) is 1. The minimum atomic E-state index is 0.701. The van der Waals surface area contributed by atoms with Gasteiger partial charge >= 0.3 is 0 Å². The summed E-state index contributed by atoms with van der Waals surface area (Å²) in [5.74, 6) is 6.30. The molecule has 3 N–H and O–H groups in total. The highest BCUT2D eigenvalue weighted by molar-refractivity contribution is 5.96. The molecule has 104 valence electrons. The Bertz CT molecular complexity index is 554. The standard InChI is InChI=1S/C16H19N3O/c1-20-16-6-3-14(4-7-16)12-15(19-17)5-2-13-8-10-18-11-9-13/h2-10,18H,11-12,17H2,1H3/b5-2+,19-15+. The molecular weight excluding hydrogens is 250 g/mol. The van der Waals surface area contributed by atoms with Crippen LogP contribution in [0.25, 0.3) is 0 Å². The predicted octanol–water partition coefficient (Wildman–Crippen LogP) is 2.15. The van der Waals surface area contributed by atoms with Crippen molar-refractivity contribution in [3.05, 3.63) is 65.9 Å². The highest BCUT2D eigenvalue weighted by Gasteiger charge is 2.00. The maximum absolute atomic E-state index is 5.45. The number of dihydropyridines is 1. The van der Waals surface area contributed by atoms with Crippen LogP contribution in [0.4, 0.5) is 0 Å². The van der Waals surface area contributed by atoms with Crippen molar-refractivity contribution in [2.24, 2.45) is 10.9 Å². The number of hydrazone groups is 1. The average Bonchev–Trinajstić information content (AvgIpc) is 2.53. The van der Waals surface area contributed by atoms with E-state index in [4.69, 9.17) is 10.6 Å². The van der Waals surface area contributed by atoms with Crippen molar-refractivity contribution in [2.45, 2.75) is 6.42 Å². The molecule has 0 spiro atoms. The van der Waals surface area contributed by atoms with Gasteiger partial charge < -0.3 is 15.9 Å². The lowest BCUT2D eigenvalue weighted by Crippen LogP contribution is -2.08. The summed E-state index contributed by atoms with van der Waals surface area (Å²) in [6, 6.07) is 7.90. The Morgan fingerprint density at radius 3 is 2.80 bits per heavy atom. The van der Waals surface area contributed by atoms with Crippen LogP contribution >= 0.6 is 0 Å². The van der Waals surface area contributed by atoms with Crippen LogP contribution in [-0.4, -0.2) is 19.4 Å². The Hall–Kier alpha value is -2.49. The number of allylic oxidation sites excluding steroid dienone is 4. The molecule has 2 rings (SSSR count). The SMILES string of the molecule is COc1ccc(CC(/C=C/C2=CCNC=C2)=N/N)cc1. The molecule has 0 radical (unpaired) electrons. The molecule has 1 aromatic rings. The molecule has 1 aromatic carbocycles. The fraction of sp³-hybridized carbons (Fsp3) is 0.188. The van der Waals surface area contributed by atoms with Crippen LogP contribution in [0.2, 0.25) is 0 Å². The minimum absolute atomic E-state index is 0.701. The molecule has 4 nitrogen and oxygen atoms in total. The van der Waals surface area contributed by atoms with Gasteiger partial charge in [-0.25, -0.2) is 0 Å². The Morgan fingerprint density at radius 2 is 2.20 bits per heavy atom. The van der Waals surface area contributed by atoms with Crippen LogP contribution in [0.1, 0.15) is 5.56 Å². The highest BCUT2D eigenvalue weighted by Crippen LogP contribution is 2.12. The first-order valence-electron chi connectivity index (χ1n) is 6.49. The molecule has 0 amide bonds. The third kappa shape index (κ3) is 4.02. The van der Waals surface area contributed by atoms with E-state index in [2.05, 4.69) is 16.5 Å². The minimum Gasteiger partial charge on any atom is -0.497 e. The average molecular weight is 269 g/mol. The summed E-state index contributed by atoms with van der Waals surface area (Å²) in [7, 11) is 1.66. The van der Waals surface area contributed by atoms with Gasteiger partial charge in [-0.2, -0.15) is 5.10 Å². The third-order valence-corrected chi connectivity index (χ3v) is 3.03. The second-order valence-corrected chi connectivity index (χ2v) is 4.42. The van der Waals surface area contributed by atoms with Crippen molar-refractivity contribution in [3.8, 4) is 5.75 Å². The zero-order chi connectivity index (χ0) is 14.2. The van der Waals surface area contributed by atoms with E-state index in [0.717, 1.165) is 29.1 Å². The summed E-state index contributed by atoms with van der Waals surface area (Å²) in [6.07, 6.45) is 10.7. The smallest absolute Gasteiger partial charge is 0.118 e. The number of nitrogens with one attached hydrogen (secondary N) is 1. The van der Waals surface area contributed by atoms with Crippen molar-refractivity contribution < 1.29 is 4.74 Å². The van der Waals surface area contributed by atoms with Gasteiger partial charge in [-0.3, -0.25) is 0 Å². The molecule has 0 unspecified atom stereocenters. The fourth-order valence-corrected chi connectivity index (χ4v) is 1.88. The topological polar surface area (TPSA) is 59.6 Å². The zero-order valence-electron chi connectivity index (χ0n) is 11.5. The van der Waals surface area contributed by atoms with Gasteiger partial charge in [0, 0.05) is 13.0 Å². The maximum atomic E-state index is 5.45. The van der Waals surface area contributed by atoms with Gasteiger partial charge in [0.15, 0.2) is 0 Å². The molecule has 0 saturated carbocycles. The number of ether oxygens (including phenoxy) is 1. The van der Waals surface area contributed by atoms with E-state index < -0.39 is 0 Å². The van der Waals surface area contributed by atoms with E-state index in [0.29, 0.717) is 6.42 Å². The Balaban J connectivity index is 2.00. The predicted molar refractivity (Wildman–Crippen MR) is 82.7 cm³/mol. The van der Waals surface area contributed by atoms with E-state index in [9.17, 15) is 0 Å². The monoisotopic (exact) mass is 269 g/mol. The summed E-state index contributed by atoms with van der Waals surface area (Å²) in [6.45, 7) is 0.851. The lowest BCUT2D eigenvalue weighted by molar-refractivity contribution is 0.414. The zero-order valence-corrected chi connectivity index (χ0v) is 11.5. The fourth-order valence-electron chi connectivity index (χ4n) is 1.88. The number of rotatable bonds is 5. The summed E-state index contributed by atoms with van der Waals surface area (Å²) >= 11 is 0. The second kappa shape index (κ2) is 7.19. The van der Waals surface area contributed by atoms with E-state index in [-0.39, 0.29) is 0 Å². The second-order valence-electron chi connectivity index (χ2n) is 4.42. The van der Waals surface area contributed by atoms with E-state index >= 15 is 0 Å². The van der Waals surface area contributed by atoms with Crippen molar-refractivity contribution in [3.63, 3.8) is 0 Å². The van der Waals surface area contributed by atoms with Gasteiger partial charge in [-0.15, -0.1) is 0 Å². The molecule has 0 aromatic heterocycles. The molecule has 0 atom stereocenters.